The minimum atomic E-state index is -3.65. The molecule has 0 bridgehead atoms. The predicted octanol–water partition coefficient (Wildman–Crippen LogP) is 3.50. The molecule has 10 heteroatoms. The van der Waals surface area contributed by atoms with Crippen molar-refractivity contribution in [3.05, 3.63) is 53.6 Å². The van der Waals surface area contributed by atoms with Crippen molar-refractivity contribution in [1.82, 2.24) is 4.72 Å². The molecular weight excluding hydrogens is 480 g/mol. The number of hydrogen-bond donors (Lipinski definition) is 2. The van der Waals surface area contributed by atoms with Gasteiger partial charge in [0.1, 0.15) is 0 Å². The fourth-order valence-corrected chi connectivity index (χ4v) is 5.01. The zero-order valence-electron chi connectivity index (χ0n) is 21.0. The molecule has 194 valence electrons. The molecule has 0 aliphatic carbocycles. The number of anilines is 3. The summed E-state index contributed by atoms with van der Waals surface area (Å²) in [6.45, 7) is 4.64. The Labute approximate surface area is 213 Å². The Hall–Kier alpha value is -3.13. The monoisotopic (exact) mass is 514 g/mol. The first kappa shape index (κ1) is 27.5. The zero-order chi connectivity index (χ0) is 26.1. The minimum Gasteiger partial charge on any atom is -0.384 e. The summed E-state index contributed by atoms with van der Waals surface area (Å²) in [4.78, 5) is 14.7. The first-order valence-electron chi connectivity index (χ1n) is 12.0. The Kier molecular flexibility index (Phi) is 9.70. The number of carbonyl (C=O) groups is 1. The van der Waals surface area contributed by atoms with Crippen LogP contribution in [-0.2, 0) is 24.3 Å². The maximum absolute atomic E-state index is 12.4. The van der Waals surface area contributed by atoms with Gasteiger partial charge in [0, 0.05) is 50.9 Å². The lowest BCUT2D eigenvalue weighted by atomic mass is 9.94. The van der Waals surface area contributed by atoms with Gasteiger partial charge in [-0.15, -0.1) is 0 Å². The van der Waals surface area contributed by atoms with Crippen molar-refractivity contribution < 1.29 is 22.7 Å². The SMILES string of the molecule is CCN(c1ccc(C(COC)CC(=O)NS(C)(=O)=O)cc1Nc1ccc(C#N)cc1)C1CCOCC1. The van der Waals surface area contributed by atoms with Gasteiger partial charge in [-0.1, -0.05) is 6.07 Å². The third-order valence-electron chi connectivity index (χ3n) is 6.17. The molecule has 1 unspecified atom stereocenters. The smallest absolute Gasteiger partial charge is 0.234 e. The fourth-order valence-electron chi connectivity index (χ4n) is 4.51. The molecule has 1 amide bonds. The lowest BCUT2D eigenvalue weighted by molar-refractivity contribution is -0.120. The molecule has 9 nitrogen and oxygen atoms in total. The number of methoxy groups -OCH3 is 1. The van der Waals surface area contributed by atoms with E-state index < -0.39 is 15.9 Å². The van der Waals surface area contributed by atoms with Crippen LogP contribution in [0.3, 0.4) is 0 Å². The maximum atomic E-state index is 12.4. The summed E-state index contributed by atoms with van der Waals surface area (Å²) in [5.41, 5.74) is 4.13. The molecule has 0 radical (unpaired) electrons. The van der Waals surface area contributed by atoms with Crippen LogP contribution in [0.5, 0.6) is 0 Å². The Morgan fingerprint density at radius 1 is 1.22 bits per heavy atom. The number of hydrogen-bond acceptors (Lipinski definition) is 8. The van der Waals surface area contributed by atoms with Gasteiger partial charge >= 0.3 is 0 Å². The van der Waals surface area contributed by atoms with E-state index in [1.165, 1.54) is 0 Å². The summed E-state index contributed by atoms with van der Waals surface area (Å²) >= 11 is 0. The zero-order valence-corrected chi connectivity index (χ0v) is 21.8. The number of carbonyl (C=O) groups excluding carboxylic acids is 1. The molecule has 2 aromatic carbocycles. The number of rotatable bonds is 11. The lowest BCUT2D eigenvalue weighted by Crippen LogP contribution is -2.39. The van der Waals surface area contributed by atoms with E-state index in [4.69, 9.17) is 14.7 Å². The second-order valence-electron chi connectivity index (χ2n) is 8.87. The molecule has 0 aromatic heterocycles. The molecule has 2 aromatic rings. The lowest BCUT2D eigenvalue weighted by Gasteiger charge is -2.37. The number of sulfonamides is 1. The number of benzene rings is 2. The average Bonchev–Trinajstić information content (AvgIpc) is 2.85. The molecule has 1 aliphatic heterocycles. The normalized spacial score (nSPS) is 15.1. The highest BCUT2D eigenvalue weighted by molar-refractivity contribution is 7.89. The Morgan fingerprint density at radius 3 is 2.50 bits per heavy atom. The van der Waals surface area contributed by atoms with Gasteiger partial charge in [-0.2, -0.15) is 5.26 Å². The number of nitriles is 1. The van der Waals surface area contributed by atoms with Crippen molar-refractivity contribution >= 4 is 33.0 Å². The van der Waals surface area contributed by atoms with E-state index in [9.17, 15) is 13.2 Å². The molecular formula is C26H34N4O5S. The second-order valence-corrected chi connectivity index (χ2v) is 10.6. The quantitative estimate of drug-likeness (QED) is 0.467. The molecule has 1 atom stereocenters. The Balaban J connectivity index is 1.98. The molecule has 1 saturated heterocycles. The standard InChI is InChI=1S/C26H34N4O5S/c1-4-30(23-11-13-35-14-12-23)25-10-7-20(21(18-34-2)16-26(31)29-36(3,32)33)15-24(25)28-22-8-5-19(17-27)6-9-22/h5-10,15,21,23,28H,4,11-14,16,18H2,1-3H3,(H,29,31). The van der Waals surface area contributed by atoms with Crippen LogP contribution in [0, 0.1) is 11.3 Å². The largest absolute Gasteiger partial charge is 0.384 e. The van der Waals surface area contributed by atoms with Gasteiger partial charge in [0.05, 0.1) is 35.9 Å². The van der Waals surface area contributed by atoms with Crippen LogP contribution >= 0.6 is 0 Å². The average molecular weight is 515 g/mol. The van der Waals surface area contributed by atoms with E-state index in [1.807, 2.05) is 35.1 Å². The first-order chi connectivity index (χ1) is 17.2. The van der Waals surface area contributed by atoms with Crippen molar-refractivity contribution in [1.29, 1.82) is 5.26 Å². The molecule has 3 rings (SSSR count). The van der Waals surface area contributed by atoms with Gasteiger partial charge in [-0.3, -0.25) is 9.52 Å². The highest BCUT2D eigenvalue weighted by atomic mass is 32.2. The summed E-state index contributed by atoms with van der Waals surface area (Å²) in [5.74, 6) is -0.923. The molecule has 36 heavy (non-hydrogen) atoms. The molecule has 1 heterocycles. The van der Waals surface area contributed by atoms with Gasteiger partial charge in [-0.25, -0.2) is 8.42 Å². The van der Waals surface area contributed by atoms with Crippen LogP contribution in [0.2, 0.25) is 0 Å². The van der Waals surface area contributed by atoms with Gasteiger partial charge in [0.15, 0.2) is 0 Å². The van der Waals surface area contributed by atoms with Crippen molar-refractivity contribution in [3.8, 4) is 6.07 Å². The molecule has 0 spiro atoms. The van der Waals surface area contributed by atoms with Crippen molar-refractivity contribution in [2.45, 2.75) is 38.1 Å². The van der Waals surface area contributed by atoms with E-state index in [-0.39, 0.29) is 18.9 Å². The van der Waals surface area contributed by atoms with Crippen molar-refractivity contribution in [2.24, 2.45) is 0 Å². The number of ether oxygens (including phenoxy) is 2. The molecule has 2 N–H and O–H groups in total. The predicted molar refractivity (Wildman–Crippen MR) is 140 cm³/mol. The van der Waals surface area contributed by atoms with E-state index in [0.717, 1.165) is 61.5 Å². The van der Waals surface area contributed by atoms with E-state index in [2.05, 4.69) is 23.2 Å². The van der Waals surface area contributed by atoms with Crippen LogP contribution in [0.4, 0.5) is 17.1 Å². The van der Waals surface area contributed by atoms with Gasteiger partial charge in [0.25, 0.3) is 0 Å². The van der Waals surface area contributed by atoms with E-state index in [0.29, 0.717) is 11.6 Å². The van der Waals surface area contributed by atoms with E-state index in [1.54, 1.807) is 19.2 Å². The fraction of sp³-hybridized carbons (Fsp3) is 0.462. The maximum Gasteiger partial charge on any atom is 0.234 e. The molecule has 0 saturated carbocycles. The Morgan fingerprint density at radius 2 is 1.92 bits per heavy atom. The topological polar surface area (TPSA) is 121 Å². The second kappa shape index (κ2) is 12.7. The van der Waals surface area contributed by atoms with Gasteiger partial charge in [0.2, 0.25) is 15.9 Å². The summed E-state index contributed by atoms with van der Waals surface area (Å²) in [6.07, 6.45) is 2.79. The summed E-state index contributed by atoms with van der Waals surface area (Å²) < 4.78 is 36.0. The number of amides is 1. The first-order valence-corrected chi connectivity index (χ1v) is 13.9. The van der Waals surface area contributed by atoms with E-state index >= 15 is 0 Å². The van der Waals surface area contributed by atoms with Crippen LogP contribution in [0.25, 0.3) is 0 Å². The number of nitrogens with zero attached hydrogens (tertiary/aromatic N) is 2. The van der Waals surface area contributed by atoms with Gasteiger partial charge in [-0.05, 0) is 61.7 Å². The van der Waals surface area contributed by atoms with Gasteiger partial charge < -0.3 is 19.7 Å². The third kappa shape index (κ3) is 7.68. The summed E-state index contributed by atoms with van der Waals surface area (Å²) in [7, 11) is -2.10. The third-order valence-corrected chi connectivity index (χ3v) is 6.76. The highest BCUT2D eigenvalue weighted by Gasteiger charge is 2.25. The summed E-state index contributed by atoms with van der Waals surface area (Å²) in [6, 6.07) is 15.7. The van der Waals surface area contributed by atoms with Crippen LogP contribution < -0.4 is 14.9 Å². The van der Waals surface area contributed by atoms with Crippen molar-refractivity contribution in [3.63, 3.8) is 0 Å². The van der Waals surface area contributed by atoms with Crippen LogP contribution in [0.1, 0.15) is 43.2 Å². The molecule has 1 fully saturated rings. The Bertz CT molecular complexity index is 1170. The number of nitrogens with one attached hydrogen (secondary N) is 2. The molecule has 1 aliphatic rings. The van der Waals surface area contributed by atoms with Crippen LogP contribution in [0.15, 0.2) is 42.5 Å². The van der Waals surface area contributed by atoms with Crippen LogP contribution in [-0.4, -0.2) is 60.1 Å². The summed E-state index contributed by atoms with van der Waals surface area (Å²) in [5, 5.41) is 12.6. The van der Waals surface area contributed by atoms with Crippen molar-refractivity contribution in [2.75, 3.05) is 49.9 Å². The minimum absolute atomic E-state index is 0.0337. The highest BCUT2D eigenvalue weighted by Crippen LogP contribution is 2.36.